The monoisotopic (exact) mass is 276 g/mol. The average molecular weight is 276 g/mol. The van der Waals surface area contributed by atoms with Gasteiger partial charge in [-0.1, -0.05) is 19.1 Å². The SMILES string of the molecule is CCCNc1cccc(CSc2cccc(F)c2)n1. The highest BCUT2D eigenvalue weighted by atomic mass is 32.2. The fourth-order valence-corrected chi connectivity index (χ4v) is 2.47. The molecule has 0 bridgehead atoms. The smallest absolute Gasteiger partial charge is 0.126 e. The summed E-state index contributed by atoms with van der Waals surface area (Å²) in [6.45, 7) is 3.05. The van der Waals surface area contributed by atoms with Crippen molar-refractivity contribution in [2.75, 3.05) is 11.9 Å². The molecule has 1 N–H and O–H groups in total. The maximum atomic E-state index is 13.1. The lowest BCUT2D eigenvalue weighted by atomic mass is 10.3. The van der Waals surface area contributed by atoms with Crippen LogP contribution in [-0.2, 0) is 5.75 Å². The number of nitrogens with one attached hydrogen (secondary N) is 1. The summed E-state index contributed by atoms with van der Waals surface area (Å²) in [4.78, 5) is 5.45. The number of hydrogen-bond donors (Lipinski definition) is 1. The molecule has 1 heterocycles. The summed E-state index contributed by atoms with van der Waals surface area (Å²) in [6.07, 6.45) is 1.07. The van der Waals surface area contributed by atoms with Gasteiger partial charge in [0.05, 0.1) is 5.69 Å². The molecule has 0 saturated heterocycles. The van der Waals surface area contributed by atoms with Gasteiger partial charge in [0.1, 0.15) is 11.6 Å². The second kappa shape index (κ2) is 7.14. The van der Waals surface area contributed by atoms with E-state index in [1.54, 1.807) is 23.9 Å². The minimum atomic E-state index is -0.198. The van der Waals surface area contributed by atoms with E-state index in [4.69, 9.17) is 0 Å². The number of anilines is 1. The summed E-state index contributed by atoms with van der Waals surface area (Å²) in [5.74, 6) is 1.45. The quantitative estimate of drug-likeness (QED) is 0.795. The zero-order valence-corrected chi connectivity index (χ0v) is 11.7. The molecule has 0 aliphatic rings. The Hall–Kier alpha value is -1.55. The van der Waals surface area contributed by atoms with Gasteiger partial charge in [-0.15, -0.1) is 11.8 Å². The number of benzene rings is 1. The second-order valence-corrected chi connectivity index (χ2v) is 5.24. The second-order valence-electron chi connectivity index (χ2n) is 4.19. The van der Waals surface area contributed by atoms with E-state index in [1.807, 2.05) is 24.3 Å². The Morgan fingerprint density at radius 3 is 2.84 bits per heavy atom. The maximum Gasteiger partial charge on any atom is 0.126 e. The molecule has 0 amide bonds. The Labute approximate surface area is 117 Å². The lowest BCUT2D eigenvalue weighted by Gasteiger charge is -2.06. The molecule has 0 aliphatic carbocycles. The van der Waals surface area contributed by atoms with Crippen LogP contribution in [0, 0.1) is 5.82 Å². The summed E-state index contributed by atoms with van der Waals surface area (Å²) in [5.41, 5.74) is 0.996. The normalized spacial score (nSPS) is 10.4. The zero-order valence-electron chi connectivity index (χ0n) is 10.9. The highest BCUT2D eigenvalue weighted by Crippen LogP contribution is 2.22. The van der Waals surface area contributed by atoms with E-state index in [9.17, 15) is 4.39 Å². The largest absolute Gasteiger partial charge is 0.370 e. The Bertz CT molecular complexity index is 531. The molecule has 0 unspecified atom stereocenters. The Balaban J connectivity index is 1.95. The average Bonchev–Trinajstić information content (AvgIpc) is 2.43. The summed E-state index contributed by atoms with van der Waals surface area (Å²) in [7, 11) is 0. The molecule has 19 heavy (non-hydrogen) atoms. The highest BCUT2D eigenvalue weighted by molar-refractivity contribution is 7.98. The summed E-state index contributed by atoms with van der Waals surface area (Å²) < 4.78 is 13.1. The van der Waals surface area contributed by atoms with Gasteiger partial charge < -0.3 is 5.32 Å². The van der Waals surface area contributed by atoms with Gasteiger partial charge in [-0.2, -0.15) is 0 Å². The molecule has 2 aromatic rings. The van der Waals surface area contributed by atoms with Gasteiger partial charge in [0, 0.05) is 17.2 Å². The van der Waals surface area contributed by atoms with Crippen LogP contribution in [0.3, 0.4) is 0 Å². The number of nitrogens with zero attached hydrogens (tertiary/aromatic N) is 1. The number of thioether (sulfide) groups is 1. The Morgan fingerprint density at radius 1 is 1.21 bits per heavy atom. The van der Waals surface area contributed by atoms with E-state index in [0.717, 1.165) is 35.1 Å². The molecule has 0 aliphatic heterocycles. The van der Waals surface area contributed by atoms with Gasteiger partial charge in [-0.25, -0.2) is 9.37 Å². The van der Waals surface area contributed by atoms with E-state index in [2.05, 4.69) is 17.2 Å². The molecule has 4 heteroatoms. The highest BCUT2D eigenvalue weighted by Gasteiger charge is 2.00. The fourth-order valence-electron chi connectivity index (χ4n) is 1.63. The van der Waals surface area contributed by atoms with Crippen LogP contribution in [0.1, 0.15) is 19.0 Å². The molecule has 0 saturated carbocycles. The van der Waals surface area contributed by atoms with Crippen LogP contribution in [0.2, 0.25) is 0 Å². The number of hydrogen-bond acceptors (Lipinski definition) is 3. The number of aromatic nitrogens is 1. The van der Waals surface area contributed by atoms with E-state index in [1.165, 1.54) is 6.07 Å². The summed E-state index contributed by atoms with van der Waals surface area (Å²) in [6, 6.07) is 12.6. The molecule has 2 nitrogen and oxygen atoms in total. The predicted molar refractivity (Wildman–Crippen MR) is 79.0 cm³/mol. The van der Waals surface area contributed by atoms with Gasteiger partial charge in [0.2, 0.25) is 0 Å². The number of pyridine rings is 1. The van der Waals surface area contributed by atoms with Crippen LogP contribution >= 0.6 is 11.8 Å². The number of halogens is 1. The Morgan fingerprint density at radius 2 is 2.05 bits per heavy atom. The molecule has 0 fully saturated rings. The van der Waals surface area contributed by atoms with E-state index < -0.39 is 0 Å². The molecule has 1 aromatic heterocycles. The Kier molecular flexibility index (Phi) is 5.21. The van der Waals surface area contributed by atoms with E-state index >= 15 is 0 Å². The first-order valence-corrected chi connectivity index (χ1v) is 7.34. The number of rotatable bonds is 6. The molecule has 0 spiro atoms. The van der Waals surface area contributed by atoms with Crippen LogP contribution in [0.25, 0.3) is 0 Å². The van der Waals surface area contributed by atoms with Gasteiger partial charge in [-0.05, 0) is 36.8 Å². The van der Waals surface area contributed by atoms with E-state index in [0.29, 0.717) is 0 Å². The van der Waals surface area contributed by atoms with Crippen LogP contribution in [0.5, 0.6) is 0 Å². The third kappa shape index (κ3) is 4.56. The fraction of sp³-hybridized carbons (Fsp3) is 0.267. The first-order chi connectivity index (χ1) is 9.28. The summed E-state index contributed by atoms with van der Waals surface area (Å²) >= 11 is 1.59. The van der Waals surface area contributed by atoms with Crippen molar-refractivity contribution in [3.05, 3.63) is 54.0 Å². The maximum absolute atomic E-state index is 13.1. The first-order valence-electron chi connectivity index (χ1n) is 6.36. The van der Waals surface area contributed by atoms with E-state index in [-0.39, 0.29) is 5.82 Å². The molecular formula is C15H17FN2S. The van der Waals surface area contributed by atoms with Crippen molar-refractivity contribution in [1.82, 2.24) is 4.98 Å². The van der Waals surface area contributed by atoms with Crippen molar-refractivity contribution < 1.29 is 4.39 Å². The van der Waals surface area contributed by atoms with Gasteiger partial charge in [-0.3, -0.25) is 0 Å². The van der Waals surface area contributed by atoms with Gasteiger partial charge in [0.15, 0.2) is 0 Å². The molecule has 2 rings (SSSR count). The third-order valence-corrected chi connectivity index (χ3v) is 3.57. The lowest BCUT2D eigenvalue weighted by Crippen LogP contribution is -2.02. The third-order valence-electron chi connectivity index (χ3n) is 2.55. The zero-order chi connectivity index (χ0) is 13.5. The predicted octanol–water partition coefficient (Wildman–Crippen LogP) is 4.33. The standard InChI is InChI=1S/C15H17FN2S/c1-2-9-17-15-8-4-6-13(18-15)11-19-14-7-3-5-12(16)10-14/h3-8,10H,2,9,11H2,1H3,(H,17,18). The van der Waals surface area contributed by atoms with Crippen LogP contribution in [-0.4, -0.2) is 11.5 Å². The topological polar surface area (TPSA) is 24.9 Å². The minimum absolute atomic E-state index is 0.198. The molecular weight excluding hydrogens is 259 g/mol. The summed E-state index contributed by atoms with van der Waals surface area (Å²) in [5, 5.41) is 3.26. The first kappa shape index (κ1) is 13.9. The molecule has 100 valence electrons. The van der Waals surface area contributed by atoms with Crippen molar-refractivity contribution in [3.63, 3.8) is 0 Å². The van der Waals surface area contributed by atoms with Crippen molar-refractivity contribution in [3.8, 4) is 0 Å². The van der Waals surface area contributed by atoms with Gasteiger partial charge >= 0.3 is 0 Å². The molecule has 1 aromatic carbocycles. The van der Waals surface area contributed by atoms with Gasteiger partial charge in [0.25, 0.3) is 0 Å². The molecule has 0 radical (unpaired) electrons. The van der Waals surface area contributed by atoms with Crippen LogP contribution < -0.4 is 5.32 Å². The lowest BCUT2D eigenvalue weighted by molar-refractivity contribution is 0.624. The minimum Gasteiger partial charge on any atom is -0.370 e. The van der Waals surface area contributed by atoms with Crippen molar-refractivity contribution >= 4 is 17.6 Å². The van der Waals surface area contributed by atoms with Crippen molar-refractivity contribution in [2.24, 2.45) is 0 Å². The van der Waals surface area contributed by atoms with Crippen molar-refractivity contribution in [1.29, 1.82) is 0 Å². The van der Waals surface area contributed by atoms with Crippen LogP contribution in [0.4, 0.5) is 10.2 Å². The molecule has 0 atom stereocenters. The van der Waals surface area contributed by atoms with Crippen LogP contribution in [0.15, 0.2) is 47.4 Å². The van der Waals surface area contributed by atoms with Crippen molar-refractivity contribution in [2.45, 2.75) is 24.0 Å².